The van der Waals surface area contributed by atoms with Gasteiger partial charge < -0.3 is 20.5 Å². The van der Waals surface area contributed by atoms with Crippen molar-refractivity contribution in [1.82, 2.24) is 4.90 Å². The first-order chi connectivity index (χ1) is 12.0. The van der Waals surface area contributed by atoms with Gasteiger partial charge in [-0.25, -0.2) is 9.59 Å². The van der Waals surface area contributed by atoms with Crippen LogP contribution in [-0.4, -0.2) is 40.8 Å². The van der Waals surface area contributed by atoms with E-state index in [1.807, 2.05) is 4.90 Å². The molecule has 6 heteroatoms. The number of nitrogens with two attached hydrogens (primary N) is 1. The number of carboxylic acids is 1. The van der Waals surface area contributed by atoms with Crippen molar-refractivity contribution in [1.29, 1.82) is 0 Å². The molecule has 25 heavy (non-hydrogen) atoms. The molecule has 0 spiro atoms. The molecule has 3 N–H and O–H groups in total. The van der Waals surface area contributed by atoms with Crippen LogP contribution in [0.2, 0.25) is 0 Å². The summed E-state index contributed by atoms with van der Waals surface area (Å²) in [6.45, 7) is 1.58. The van der Waals surface area contributed by atoms with Crippen molar-refractivity contribution in [2.45, 2.75) is 89.6 Å². The van der Waals surface area contributed by atoms with Crippen molar-refractivity contribution >= 4 is 12.1 Å². The molecule has 0 saturated heterocycles. The van der Waals surface area contributed by atoms with Crippen LogP contribution in [0.15, 0.2) is 11.3 Å². The Morgan fingerprint density at radius 2 is 1.48 bits per heavy atom. The van der Waals surface area contributed by atoms with Gasteiger partial charge in [-0.1, -0.05) is 45.4 Å². The van der Waals surface area contributed by atoms with Gasteiger partial charge in [0.25, 0.3) is 0 Å². The molecule has 1 amide bonds. The topological polar surface area (TPSA) is 92.9 Å². The molecule has 2 fully saturated rings. The van der Waals surface area contributed by atoms with Crippen LogP contribution in [0.1, 0.15) is 77.6 Å². The van der Waals surface area contributed by atoms with E-state index in [-0.39, 0.29) is 36.1 Å². The zero-order valence-corrected chi connectivity index (χ0v) is 15.3. The van der Waals surface area contributed by atoms with Crippen LogP contribution in [0, 0.1) is 0 Å². The van der Waals surface area contributed by atoms with Gasteiger partial charge in [0.05, 0.1) is 11.3 Å². The Kier molecular flexibility index (Phi) is 7.59. The first kappa shape index (κ1) is 19.6. The van der Waals surface area contributed by atoms with Crippen LogP contribution in [-0.2, 0) is 9.53 Å². The maximum absolute atomic E-state index is 12.8. The molecule has 2 saturated carbocycles. The molecule has 2 rings (SSSR count). The summed E-state index contributed by atoms with van der Waals surface area (Å²) in [5.74, 6) is -1.05. The zero-order valence-electron chi connectivity index (χ0n) is 15.3. The molecule has 0 aromatic rings. The van der Waals surface area contributed by atoms with Crippen molar-refractivity contribution in [3.63, 3.8) is 0 Å². The van der Waals surface area contributed by atoms with Gasteiger partial charge in [0, 0.05) is 12.1 Å². The Morgan fingerprint density at radius 1 is 1.00 bits per heavy atom. The number of rotatable bonds is 6. The van der Waals surface area contributed by atoms with Crippen LogP contribution >= 0.6 is 0 Å². The summed E-state index contributed by atoms with van der Waals surface area (Å²) in [5.41, 5.74) is 6.09. The van der Waals surface area contributed by atoms with Crippen LogP contribution in [0.5, 0.6) is 0 Å². The van der Waals surface area contributed by atoms with Gasteiger partial charge in [-0.2, -0.15) is 0 Å². The van der Waals surface area contributed by atoms with Crippen molar-refractivity contribution in [3.8, 4) is 0 Å². The Hall–Kier alpha value is -1.72. The van der Waals surface area contributed by atoms with Crippen LogP contribution in [0.3, 0.4) is 0 Å². The first-order valence-corrected chi connectivity index (χ1v) is 9.70. The maximum atomic E-state index is 12.8. The molecule has 0 aromatic carbocycles. The molecule has 0 bridgehead atoms. The molecule has 0 unspecified atom stereocenters. The van der Waals surface area contributed by atoms with Gasteiger partial charge in [0.2, 0.25) is 0 Å². The van der Waals surface area contributed by atoms with Gasteiger partial charge in [-0.05, 0) is 32.1 Å². The molecule has 0 radical (unpaired) electrons. The highest BCUT2D eigenvalue weighted by molar-refractivity contribution is 5.87. The summed E-state index contributed by atoms with van der Waals surface area (Å²) in [7, 11) is 0. The predicted molar refractivity (Wildman–Crippen MR) is 96.1 cm³/mol. The number of nitrogens with zero attached hydrogens (tertiary/aromatic N) is 1. The van der Waals surface area contributed by atoms with Crippen molar-refractivity contribution in [3.05, 3.63) is 11.3 Å². The SMILES string of the molecule is CCC(C(=O)O)=C(N)COC(=O)N(C1CCCCC1)C1CCCCC1. The third-order valence-corrected chi connectivity index (χ3v) is 5.50. The number of carboxylic acid groups (broad SMARTS) is 1. The number of hydrogen-bond acceptors (Lipinski definition) is 4. The minimum Gasteiger partial charge on any atom is -0.478 e. The molecule has 0 aromatic heterocycles. The fourth-order valence-electron chi connectivity index (χ4n) is 4.13. The van der Waals surface area contributed by atoms with Gasteiger partial charge in [-0.3, -0.25) is 0 Å². The molecular formula is C19H32N2O4. The average molecular weight is 352 g/mol. The average Bonchev–Trinajstić information content (AvgIpc) is 2.62. The van der Waals surface area contributed by atoms with E-state index in [2.05, 4.69) is 0 Å². The zero-order chi connectivity index (χ0) is 18.2. The van der Waals surface area contributed by atoms with Crippen molar-refractivity contribution < 1.29 is 19.4 Å². The summed E-state index contributed by atoms with van der Waals surface area (Å²) in [5, 5.41) is 9.14. The minimum absolute atomic E-state index is 0.120. The number of aliphatic carboxylic acids is 1. The second-order valence-electron chi connectivity index (χ2n) is 7.21. The lowest BCUT2D eigenvalue weighted by atomic mass is 9.89. The molecule has 2 aliphatic carbocycles. The molecule has 142 valence electrons. The molecule has 6 nitrogen and oxygen atoms in total. The van der Waals surface area contributed by atoms with Gasteiger partial charge in [-0.15, -0.1) is 0 Å². The van der Waals surface area contributed by atoms with Gasteiger partial charge >= 0.3 is 12.1 Å². The van der Waals surface area contributed by atoms with E-state index in [1.54, 1.807) is 6.92 Å². The molecule has 2 aliphatic rings. The number of hydrogen-bond donors (Lipinski definition) is 2. The fourth-order valence-corrected chi connectivity index (χ4v) is 4.13. The van der Waals surface area contributed by atoms with E-state index in [4.69, 9.17) is 15.6 Å². The second-order valence-corrected chi connectivity index (χ2v) is 7.21. The third kappa shape index (κ3) is 5.38. The molecule has 0 heterocycles. The van der Waals surface area contributed by atoms with Gasteiger partial charge in [0.1, 0.15) is 6.61 Å². The lowest BCUT2D eigenvalue weighted by Crippen LogP contribution is -2.49. The van der Waals surface area contributed by atoms with E-state index < -0.39 is 5.97 Å². The minimum atomic E-state index is -1.05. The van der Waals surface area contributed by atoms with E-state index in [9.17, 15) is 9.59 Å². The highest BCUT2D eigenvalue weighted by Crippen LogP contribution is 2.30. The van der Waals surface area contributed by atoms with Gasteiger partial charge in [0.15, 0.2) is 0 Å². The normalized spacial score (nSPS) is 20.7. The largest absolute Gasteiger partial charge is 0.478 e. The molecule has 0 aliphatic heterocycles. The fraction of sp³-hybridized carbons (Fsp3) is 0.789. The Morgan fingerprint density at radius 3 is 1.88 bits per heavy atom. The monoisotopic (exact) mass is 352 g/mol. The maximum Gasteiger partial charge on any atom is 0.410 e. The third-order valence-electron chi connectivity index (χ3n) is 5.50. The predicted octanol–water partition coefficient (Wildman–Crippen LogP) is 3.80. The first-order valence-electron chi connectivity index (χ1n) is 9.70. The van der Waals surface area contributed by atoms with Crippen molar-refractivity contribution in [2.75, 3.05) is 6.61 Å². The second kappa shape index (κ2) is 9.68. The quantitative estimate of drug-likeness (QED) is 0.709. The van der Waals surface area contributed by atoms with E-state index in [1.165, 1.54) is 12.8 Å². The summed E-state index contributed by atoms with van der Waals surface area (Å²) in [4.78, 5) is 25.9. The smallest absolute Gasteiger partial charge is 0.410 e. The Labute approximate surface area is 150 Å². The molecule has 0 atom stereocenters. The van der Waals surface area contributed by atoms with E-state index in [0.29, 0.717) is 6.42 Å². The lowest BCUT2D eigenvalue weighted by molar-refractivity contribution is -0.132. The summed E-state index contributed by atoms with van der Waals surface area (Å²) < 4.78 is 5.45. The highest BCUT2D eigenvalue weighted by Gasteiger charge is 2.33. The summed E-state index contributed by atoms with van der Waals surface area (Å²) >= 11 is 0. The standard InChI is InChI=1S/C19H32N2O4/c1-2-16(18(22)23)17(20)13-25-19(24)21(14-9-5-3-6-10-14)15-11-7-4-8-12-15/h14-15H,2-13,20H2,1H3,(H,22,23). The van der Waals surface area contributed by atoms with Crippen LogP contribution in [0.25, 0.3) is 0 Å². The number of carbonyl (C=O) groups excluding carboxylic acids is 1. The number of carbonyl (C=O) groups is 2. The van der Waals surface area contributed by atoms with Crippen LogP contribution < -0.4 is 5.73 Å². The van der Waals surface area contributed by atoms with E-state index in [0.717, 1.165) is 51.4 Å². The number of amides is 1. The van der Waals surface area contributed by atoms with E-state index >= 15 is 0 Å². The Balaban J connectivity index is 2.05. The summed E-state index contributed by atoms with van der Waals surface area (Å²) in [6.07, 6.45) is 11.2. The molecular weight excluding hydrogens is 320 g/mol. The lowest BCUT2D eigenvalue weighted by Gasteiger charge is -2.40. The Bertz CT molecular complexity index is 474. The number of ether oxygens (including phenoxy) is 1. The highest BCUT2D eigenvalue weighted by atomic mass is 16.6. The van der Waals surface area contributed by atoms with Crippen molar-refractivity contribution in [2.24, 2.45) is 5.73 Å². The van der Waals surface area contributed by atoms with Crippen LogP contribution in [0.4, 0.5) is 4.79 Å². The summed E-state index contributed by atoms with van der Waals surface area (Å²) in [6, 6.07) is 0.499.